The van der Waals surface area contributed by atoms with Gasteiger partial charge in [-0.3, -0.25) is 20.4 Å². The van der Waals surface area contributed by atoms with Crippen molar-refractivity contribution in [2.24, 2.45) is 5.92 Å². The number of nitrogens with one attached hydrogen (secondary N) is 2. The smallest absolute Gasteiger partial charge is 0.269 e. The molecule has 2 amide bonds. The Balaban J connectivity index is 0.000000301. The zero-order chi connectivity index (χ0) is 51.5. The van der Waals surface area contributed by atoms with E-state index in [2.05, 4.69) is 103 Å². The van der Waals surface area contributed by atoms with Crippen molar-refractivity contribution in [1.29, 1.82) is 5.26 Å². The van der Waals surface area contributed by atoms with E-state index in [-0.39, 0.29) is 22.6 Å². The molecular formula is C52H60Cl2N8O5Si2. The number of hydrazine groups is 1. The van der Waals surface area contributed by atoms with Gasteiger partial charge in [0.25, 0.3) is 5.91 Å². The van der Waals surface area contributed by atoms with Crippen LogP contribution in [0.15, 0.2) is 77.2 Å². The van der Waals surface area contributed by atoms with Crippen molar-refractivity contribution >= 4 is 68.7 Å². The standard InChI is InChI=1S/C26H31ClN4O3Si.C26H29ClN4O2Si/c1-17-20(12-13-22(29-5)23(17)27)14-21(16-34-35(6,7)26(2,3)4)25(33)31-30-24(32)19-10-8-18(15-28)9-11-19;1-17-19(11-14-22(29-6)23(17)27)15-20(16-32-34(7,8)26(2,3)4)25-31-30-24(33-25)18-9-12-21(28-5)13-10-18/h8-13,21H,14,16H2,1-4,6-7H3,(H,30,32)(H,31,33);9-14,20H,15-16H2,1-4,7-8H3/t21-;20-/m11/s1. The van der Waals surface area contributed by atoms with Gasteiger partial charge in [-0.2, -0.15) is 5.26 Å². The van der Waals surface area contributed by atoms with Gasteiger partial charge in [-0.1, -0.05) is 113 Å². The van der Waals surface area contributed by atoms with Crippen molar-refractivity contribution in [2.45, 2.75) is 110 Å². The molecule has 5 aromatic rings. The topological polar surface area (TPSA) is 152 Å². The number of rotatable bonds is 14. The predicted octanol–water partition coefficient (Wildman–Crippen LogP) is 13.9. The van der Waals surface area contributed by atoms with Crippen molar-refractivity contribution in [2.75, 3.05) is 13.2 Å². The summed E-state index contributed by atoms with van der Waals surface area (Å²) in [6, 6.07) is 22.3. The van der Waals surface area contributed by atoms with E-state index in [1.807, 2.05) is 26.0 Å². The lowest BCUT2D eigenvalue weighted by Crippen LogP contribution is -2.48. The summed E-state index contributed by atoms with van der Waals surface area (Å²) in [5.41, 5.74) is 11.3. The van der Waals surface area contributed by atoms with E-state index in [1.165, 1.54) is 24.3 Å². The summed E-state index contributed by atoms with van der Waals surface area (Å²) in [6.07, 6.45) is 0.924. The quantitative estimate of drug-likeness (QED) is 0.0634. The number of hydrogen-bond donors (Lipinski definition) is 2. The van der Waals surface area contributed by atoms with Crippen LogP contribution >= 0.6 is 23.2 Å². The van der Waals surface area contributed by atoms with Crippen LogP contribution in [0.5, 0.6) is 0 Å². The Morgan fingerprint density at radius 2 is 1.23 bits per heavy atom. The third-order valence-corrected chi connectivity index (χ3v) is 23.0. The van der Waals surface area contributed by atoms with E-state index >= 15 is 0 Å². The minimum Gasteiger partial charge on any atom is -0.420 e. The van der Waals surface area contributed by atoms with E-state index in [9.17, 15) is 9.59 Å². The van der Waals surface area contributed by atoms with Gasteiger partial charge in [0.1, 0.15) is 0 Å². The van der Waals surface area contributed by atoms with Crippen LogP contribution in [0.1, 0.15) is 91.5 Å². The first-order chi connectivity index (χ1) is 32.3. The second-order valence-corrected chi connectivity index (χ2v) is 30.1. The summed E-state index contributed by atoms with van der Waals surface area (Å²) < 4.78 is 19.0. The first kappa shape index (κ1) is 55.5. The maximum atomic E-state index is 13.2. The summed E-state index contributed by atoms with van der Waals surface area (Å²) in [7, 11) is -4.14. The Morgan fingerprint density at radius 1 is 0.725 bits per heavy atom. The highest BCUT2D eigenvalue weighted by Gasteiger charge is 2.39. The predicted molar refractivity (Wildman–Crippen MR) is 278 cm³/mol. The average molecular weight is 1000 g/mol. The van der Waals surface area contributed by atoms with Gasteiger partial charge in [-0.15, -0.1) is 10.2 Å². The van der Waals surface area contributed by atoms with Crippen molar-refractivity contribution in [1.82, 2.24) is 21.0 Å². The average Bonchev–Trinajstić information content (AvgIpc) is 3.81. The largest absolute Gasteiger partial charge is 0.420 e. The minimum absolute atomic E-state index is 0.0334. The number of benzene rings is 4. The third kappa shape index (κ3) is 14.4. The van der Waals surface area contributed by atoms with Crippen LogP contribution in [-0.4, -0.2) is 51.9 Å². The lowest BCUT2D eigenvalue weighted by molar-refractivity contribution is -0.126. The Kier molecular flexibility index (Phi) is 18.8. The molecular weight excluding hydrogens is 944 g/mol. The number of aromatic nitrogens is 2. The first-order valence-electron chi connectivity index (χ1n) is 22.3. The van der Waals surface area contributed by atoms with Gasteiger partial charge in [0.2, 0.25) is 29.1 Å². The molecule has 0 aliphatic rings. The van der Waals surface area contributed by atoms with Crippen LogP contribution in [-0.2, 0) is 26.5 Å². The van der Waals surface area contributed by atoms with Crippen LogP contribution in [0, 0.1) is 50.8 Å². The molecule has 1 heterocycles. The van der Waals surface area contributed by atoms with Crippen molar-refractivity contribution < 1.29 is 22.9 Å². The van der Waals surface area contributed by atoms with E-state index in [1.54, 1.807) is 42.5 Å². The van der Waals surface area contributed by atoms with Crippen molar-refractivity contribution in [3.63, 3.8) is 0 Å². The highest BCUT2D eigenvalue weighted by Crippen LogP contribution is 2.40. The molecule has 0 bridgehead atoms. The number of hydrogen-bond acceptors (Lipinski definition) is 8. The molecule has 0 aliphatic heterocycles. The molecule has 5 rings (SSSR count). The lowest BCUT2D eigenvalue weighted by atomic mass is 9.95. The van der Waals surface area contributed by atoms with Crippen LogP contribution in [0.4, 0.5) is 17.1 Å². The van der Waals surface area contributed by atoms with Crippen molar-refractivity contribution in [3.05, 3.63) is 156 Å². The molecule has 0 saturated heterocycles. The Bertz CT molecular complexity index is 2810. The fourth-order valence-electron chi connectivity index (χ4n) is 6.25. The fourth-order valence-corrected chi connectivity index (χ4v) is 8.80. The number of amides is 2. The number of carbonyl (C=O) groups is 2. The number of carbonyl (C=O) groups excluding carboxylic acids is 2. The van der Waals surface area contributed by atoms with Crippen LogP contribution in [0.25, 0.3) is 26.0 Å². The maximum absolute atomic E-state index is 13.2. The van der Waals surface area contributed by atoms with E-state index in [0.29, 0.717) is 69.5 Å². The molecule has 2 N–H and O–H groups in total. The summed E-state index contributed by atoms with van der Waals surface area (Å²) in [5, 5.41) is 18.4. The molecule has 2 atom stereocenters. The monoisotopic (exact) mass is 1000 g/mol. The lowest BCUT2D eigenvalue weighted by Gasteiger charge is -2.37. The second kappa shape index (κ2) is 23.4. The van der Waals surface area contributed by atoms with Gasteiger partial charge in [0, 0.05) is 24.3 Å². The SMILES string of the molecule is [C-]#[N+]c1ccc(-c2nnc([C@@H](CO[Si](C)(C)C(C)(C)C)Cc3ccc([N+]#[C-])c(Cl)c3C)o2)cc1.[C-]#[N+]c1ccc(C[C@H](CO[Si](C)(C)C(C)(C)C)C(=O)NNC(=O)c2ccc(C#N)cc2)c(C)c1Cl. The molecule has 13 nitrogen and oxygen atoms in total. The normalized spacial score (nSPS) is 12.5. The Labute approximate surface area is 419 Å². The van der Waals surface area contributed by atoms with Gasteiger partial charge in [0.05, 0.1) is 53.2 Å². The van der Waals surface area contributed by atoms with Gasteiger partial charge in [0.15, 0.2) is 22.3 Å². The second-order valence-electron chi connectivity index (χ2n) is 19.8. The summed E-state index contributed by atoms with van der Waals surface area (Å²) in [5.74, 6) is -0.761. The molecule has 0 aliphatic carbocycles. The van der Waals surface area contributed by atoms with Gasteiger partial charge in [-0.05, 0) is 109 Å². The molecule has 17 heteroatoms. The molecule has 1 aromatic heterocycles. The molecule has 0 saturated carbocycles. The molecule has 0 spiro atoms. The molecule has 0 fully saturated rings. The molecule has 4 aromatic carbocycles. The third-order valence-electron chi connectivity index (χ3n) is 13.0. The van der Waals surface area contributed by atoms with E-state index in [0.717, 1.165) is 27.8 Å². The number of halogens is 2. The fraction of sp³-hybridized carbons (Fsp3) is 0.385. The Morgan fingerprint density at radius 3 is 1.71 bits per heavy atom. The van der Waals surface area contributed by atoms with E-state index < -0.39 is 34.4 Å². The summed E-state index contributed by atoms with van der Waals surface area (Å²) in [4.78, 5) is 36.0. The zero-order valence-corrected chi connectivity index (χ0v) is 44.9. The molecule has 0 unspecified atom stereocenters. The molecule has 69 heavy (non-hydrogen) atoms. The molecule has 360 valence electrons. The highest BCUT2D eigenvalue weighted by atomic mass is 35.5. The Hall–Kier alpha value is -6.15. The van der Waals surface area contributed by atoms with E-state index in [4.69, 9.17) is 61.4 Å². The van der Waals surface area contributed by atoms with Gasteiger partial charge >= 0.3 is 0 Å². The van der Waals surface area contributed by atoms with Crippen LogP contribution in [0.3, 0.4) is 0 Å². The van der Waals surface area contributed by atoms with Crippen LogP contribution < -0.4 is 10.9 Å². The van der Waals surface area contributed by atoms with Crippen molar-refractivity contribution in [3.8, 4) is 17.5 Å². The minimum atomic E-state index is -2.14. The number of nitriles is 1. The molecule has 0 radical (unpaired) electrons. The summed E-state index contributed by atoms with van der Waals surface area (Å²) >= 11 is 12.8. The first-order valence-corrected chi connectivity index (χ1v) is 28.8. The summed E-state index contributed by atoms with van der Waals surface area (Å²) in [6.45, 7) is 47.7. The van der Waals surface area contributed by atoms with Gasteiger partial charge in [-0.25, -0.2) is 14.5 Å². The number of nitrogens with zero attached hydrogens (tertiary/aromatic N) is 6. The van der Waals surface area contributed by atoms with Crippen LogP contribution in [0.2, 0.25) is 46.3 Å². The zero-order valence-electron chi connectivity index (χ0n) is 41.4. The highest BCUT2D eigenvalue weighted by molar-refractivity contribution is 6.74. The van der Waals surface area contributed by atoms with Gasteiger partial charge < -0.3 is 13.3 Å². The maximum Gasteiger partial charge on any atom is 0.269 e.